The summed E-state index contributed by atoms with van der Waals surface area (Å²) in [5.41, 5.74) is -2.02. The minimum atomic E-state index is -4.25. The molecule has 0 spiro atoms. The van der Waals surface area contributed by atoms with Gasteiger partial charge in [-0.25, -0.2) is 45.7 Å². The number of halogens is 9. The van der Waals surface area contributed by atoms with Crippen molar-refractivity contribution in [2.75, 3.05) is 13.2 Å². The topological polar surface area (TPSA) is 250 Å². The first-order valence-electron chi connectivity index (χ1n) is 21.4. The number of alkyl halides is 6. The van der Waals surface area contributed by atoms with Crippen LogP contribution in [0.1, 0.15) is 89.4 Å². The number of aromatic carboxylic acids is 1. The van der Waals surface area contributed by atoms with Gasteiger partial charge in [0.25, 0.3) is 25.0 Å². The Kier molecular flexibility index (Phi) is 17.6. The molecule has 74 heavy (non-hydrogen) atoms. The third kappa shape index (κ3) is 13.3. The Hall–Kier alpha value is -5.97. The predicted octanol–water partition coefficient (Wildman–Crippen LogP) is 8.83. The maximum atomic E-state index is 13.0. The number of hydrogen-bond donors (Lipinski definition) is 2. The molecule has 6 aromatic rings. The fourth-order valence-corrected chi connectivity index (χ4v) is 10.7. The number of rotatable bonds is 15. The second-order valence-electron chi connectivity index (χ2n) is 16.9. The molecule has 8 rings (SSSR count). The van der Waals surface area contributed by atoms with Gasteiger partial charge in [-0.1, -0.05) is 30.6 Å². The number of carbonyl (C=O) groups is 2. The highest BCUT2D eigenvalue weighted by molar-refractivity contribution is 8.13. The van der Waals surface area contributed by atoms with Gasteiger partial charge in [-0.05, 0) is 90.5 Å². The molecule has 0 bridgehead atoms. The van der Waals surface area contributed by atoms with Crippen LogP contribution in [0.15, 0.2) is 58.6 Å². The Morgan fingerprint density at radius 3 is 1.38 bits per heavy atom. The van der Waals surface area contributed by atoms with Crippen LogP contribution in [0, 0.1) is 38.5 Å². The van der Waals surface area contributed by atoms with Crippen molar-refractivity contribution in [3.63, 3.8) is 0 Å². The van der Waals surface area contributed by atoms with E-state index < -0.39 is 54.1 Å². The molecule has 404 valence electrons. The van der Waals surface area contributed by atoms with Gasteiger partial charge in [0.1, 0.15) is 20.1 Å². The number of pyridine rings is 2. The minimum absolute atomic E-state index is 0. The van der Waals surface area contributed by atoms with Crippen LogP contribution in [-0.2, 0) is 33.2 Å². The number of carboxylic acid groups (broad SMARTS) is 1. The molecule has 2 fully saturated rings. The van der Waals surface area contributed by atoms with Gasteiger partial charge in [-0.2, -0.15) is 36.5 Å². The highest BCUT2D eigenvalue weighted by Crippen LogP contribution is 2.60. The van der Waals surface area contributed by atoms with Gasteiger partial charge < -0.3 is 14.6 Å². The van der Waals surface area contributed by atoms with E-state index in [1.807, 2.05) is 4.72 Å². The number of aryl methyl sites for hydroxylation is 4. The number of aromatic nitrogens is 10. The molecule has 2 aliphatic rings. The van der Waals surface area contributed by atoms with Crippen molar-refractivity contribution in [1.29, 1.82) is 0 Å². The molecule has 2 N–H and O–H groups in total. The van der Waals surface area contributed by atoms with Crippen molar-refractivity contribution in [2.45, 2.75) is 95.8 Å². The van der Waals surface area contributed by atoms with Gasteiger partial charge in [0.2, 0.25) is 11.8 Å². The molecule has 0 aliphatic heterocycles. The van der Waals surface area contributed by atoms with E-state index in [1.54, 1.807) is 34.9 Å². The molecule has 20 nitrogen and oxygen atoms in total. The van der Waals surface area contributed by atoms with Gasteiger partial charge in [0.05, 0.1) is 57.9 Å². The summed E-state index contributed by atoms with van der Waals surface area (Å²) in [4.78, 5) is 31.6. The standard InChI is InChI=1S/C21H22ClF3N6O4S.C15H13ClF3N3O3.C6H9ClN2O2S.CH4/c1-12-17(13(2)30(3)27-12)36(33,34)29-19(32)14-4-5-15(26-18(14)22)31-10-6-16(28-31)35-11-9-20(7-8-20)21(23,24)25;16-12-9(13(23)24)1-2-10(20-12)22-7-3-11(21-22)25-8-6-14(4-5-14)15(17,18)19;1-4-6(12(7,10)11)5(2)9(3)8-4;/h4-6,10H,7-9,11H2,1-3H3,(H,29,32);1-3,7H,4-6,8H2,(H,23,24);1-3H3;1H4. The normalized spacial score (nSPS) is 14.6. The summed E-state index contributed by atoms with van der Waals surface area (Å²) in [7, 11) is 0.583. The van der Waals surface area contributed by atoms with E-state index in [9.17, 15) is 52.8 Å². The molecule has 0 unspecified atom stereocenters. The lowest BCUT2D eigenvalue weighted by molar-refractivity contribution is -0.190. The van der Waals surface area contributed by atoms with Crippen molar-refractivity contribution in [1.82, 2.24) is 53.8 Å². The lowest BCUT2D eigenvalue weighted by Crippen LogP contribution is -2.31. The SMILES string of the molecule is C.Cc1nn(C)c(C)c1S(=O)(=O)Cl.Cc1nn(C)c(C)c1S(=O)(=O)NC(=O)c1ccc(-n2ccc(OCCC3(C(F)(F)F)CC3)n2)nc1Cl.O=C(O)c1ccc(-n2ccc(OCCC3(C(F)(F)F)CC3)n2)nc1Cl. The van der Waals surface area contributed by atoms with Gasteiger partial charge in [0, 0.05) is 49.3 Å². The summed E-state index contributed by atoms with van der Waals surface area (Å²) >= 11 is 11.9. The summed E-state index contributed by atoms with van der Waals surface area (Å²) in [6.45, 7) is 6.11. The second kappa shape index (κ2) is 22.1. The fraction of sp³-hybridized carbons (Fsp3) is 0.442. The summed E-state index contributed by atoms with van der Waals surface area (Å²) in [6.07, 6.45) is -5.31. The molecular weight excluding hydrogens is 1100 g/mol. The largest absolute Gasteiger partial charge is 0.478 e. The monoisotopic (exact) mass is 1150 g/mol. The number of carbonyl (C=O) groups excluding carboxylic acids is 1. The number of sulfonamides is 1. The molecule has 2 saturated carbocycles. The Morgan fingerprint density at radius 2 is 1.07 bits per heavy atom. The zero-order chi connectivity index (χ0) is 54.2. The number of nitrogens with zero attached hydrogens (tertiary/aromatic N) is 10. The van der Waals surface area contributed by atoms with Crippen LogP contribution in [0.3, 0.4) is 0 Å². The molecular formula is C43H48Cl3F6N11O9S2. The van der Waals surface area contributed by atoms with Crippen molar-refractivity contribution < 1.29 is 67.3 Å². The molecule has 31 heteroatoms. The summed E-state index contributed by atoms with van der Waals surface area (Å²) in [5.74, 6) is -1.49. The van der Waals surface area contributed by atoms with Gasteiger partial charge in [0.15, 0.2) is 11.6 Å². The maximum absolute atomic E-state index is 13.0. The molecule has 6 heterocycles. The molecule has 1 amide bonds. The third-order valence-corrected chi connectivity index (χ3v) is 15.6. The van der Waals surface area contributed by atoms with Gasteiger partial charge in [-0.3, -0.25) is 14.2 Å². The van der Waals surface area contributed by atoms with Crippen LogP contribution in [0.5, 0.6) is 11.8 Å². The molecule has 0 aromatic carbocycles. The zero-order valence-electron chi connectivity index (χ0n) is 39.2. The molecule has 0 saturated heterocycles. The van der Waals surface area contributed by atoms with Crippen molar-refractivity contribution in [2.24, 2.45) is 24.9 Å². The number of amides is 1. The first kappa shape index (κ1) is 58.9. The Bertz CT molecular complexity index is 3280. The summed E-state index contributed by atoms with van der Waals surface area (Å²) in [5, 5.41) is 24.6. The predicted molar refractivity (Wildman–Crippen MR) is 255 cm³/mol. The highest BCUT2D eigenvalue weighted by atomic mass is 35.7. The second-order valence-corrected chi connectivity index (χ2v) is 21.7. The van der Waals surface area contributed by atoms with Crippen LogP contribution in [-0.4, -0.2) is 108 Å². The quantitative estimate of drug-likeness (QED) is 0.0554. The van der Waals surface area contributed by atoms with Crippen LogP contribution in [0.2, 0.25) is 10.3 Å². The zero-order valence-corrected chi connectivity index (χ0v) is 43.1. The molecule has 6 aromatic heterocycles. The van der Waals surface area contributed by atoms with Crippen LogP contribution in [0.4, 0.5) is 26.3 Å². The molecule has 0 atom stereocenters. The first-order valence-corrected chi connectivity index (χ1v) is 25.9. The maximum Gasteiger partial charge on any atom is 0.394 e. The molecule has 0 radical (unpaired) electrons. The van der Waals surface area contributed by atoms with E-state index in [0.29, 0.717) is 17.1 Å². The minimum Gasteiger partial charge on any atom is -0.478 e. The number of carboxylic acids is 1. The average Bonchev–Trinajstić information content (AvgIpc) is 4.07. The van der Waals surface area contributed by atoms with Crippen molar-refractivity contribution in [3.05, 3.63) is 93.0 Å². The molecule has 2 aliphatic carbocycles. The number of hydrogen-bond acceptors (Lipinski definition) is 14. The smallest absolute Gasteiger partial charge is 0.394 e. The Balaban J connectivity index is 0.000000230. The van der Waals surface area contributed by atoms with E-state index >= 15 is 0 Å². The Morgan fingerprint density at radius 1 is 0.676 bits per heavy atom. The summed E-state index contributed by atoms with van der Waals surface area (Å²) < 4.78 is 143. The lowest BCUT2D eigenvalue weighted by atomic mass is 10.0. The number of nitrogens with one attached hydrogen (secondary N) is 1. The van der Waals surface area contributed by atoms with Crippen molar-refractivity contribution >= 4 is 64.8 Å². The van der Waals surface area contributed by atoms with Crippen molar-refractivity contribution in [3.8, 4) is 23.4 Å². The summed E-state index contributed by atoms with van der Waals surface area (Å²) in [6, 6.07) is 8.29. The van der Waals surface area contributed by atoms with Gasteiger partial charge in [-0.15, -0.1) is 10.2 Å². The Labute approximate surface area is 434 Å². The number of ether oxygens (including phenoxy) is 2. The first-order chi connectivity index (χ1) is 33.8. The third-order valence-electron chi connectivity index (χ3n) is 11.9. The average molecular weight is 1150 g/mol. The van der Waals surface area contributed by atoms with Crippen LogP contribution >= 0.6 is 33.9 Å². The van der Waals surface area contributed by atoms with E-state index in [2.05, 4.69) is 30.4 Å². The highest BCUT2D eigenvalue weighted by Gasteiger charge is 2.63. The van der Waals surface area contributed by atoms with E-state index in [4.69, 9.17) is 48.5 Å². The van der Waals surface area contributed by atoms with E-state index in [1.165, 1.54) is 74.4 Å². The van der Waals surface area contributed by atoms with Gasteiger partial charge >= 0.3 is 18.3 Å². The van der Waals surface area contributed by atoms with Crippen LogP contribution in [0.25, 0.3) is 11.6 Å². The van der Waals surface area contributed by atoms with E-state index in [0.717, 1.165) is 0 Å². The van der Waals surface area contributed by atoms with E-state index in [-0.39, 0.29) is 119 Å². The lowest BCUT2D eigenvalue weighted by Gasteiger charge is -2.18. The van der Waals surface area contributed by atoms with Crippen LogP contribution < -0.4 is 14.2 Å². The fourth-order valence-electron chi connectivity index (χ4n) is 7.29.